The van der Waals surface area contributed by atoms with Crippen molar-refractivity contribution in [3.63, 3.8) is 0 Å². The second-order valence-corrected chi connectivity index (χ2v) is 10.1. The molecule has 0 radical (unpaired) electrons. The van der Waals surface area contributed by atoms with E-state index in [0.717, 1.165) is 11.8 Å². The quantitative estimate of drug-likeness (QED) is 0.595. The molecule has 0 amide bonds. The van der Waals surface area contributed by atoms with Gasteiger partial charge in [-0.3, -0.25) is 0 Å². The minimum atomic E-state index is -3.41. The van der Waals surface area contributed by atoms with Crippen molar-refractivity contribution in [3.8, 4) is 0 Å². The number of rotatable bonds is 10. The van der Waals surface area contributed by atoms with Crippen LogP contribution in [0.25, 0.3) is 0 Å². The Morgan fingerprint density at radius 3 is 2.56 bits per heavy atom. The molecule has 0 aliphatic carbocycles. The minimum absolute atomic E-state index is 0.0761. The Bertz CT molecular complexity index is 845. The third-order valence-electron chi connectivity index (χ3n) is 3.99. The van der Waals surface area contributed by atoms with Gasteiger partial charge < -0.3 is 5.11 Å². The number of hydrogen-bond acceptors (Lipinski definition) is 6. The van der Waals surface area contributed by atoms with E-state index in [1.54, 1.807) is 32.0 Å². The van der Waals surface area contributed by atoms with Gasteiger partial charge in [-0.05, 0) is 12.1 Å². The van der Waals surface area contributed by atoms with Crippen LogP contribution in [0.15, 0.2) is 30.9 Å². The van der Waals surface area contributed by atoms with Crippen molar-refractivity contribution in [1.29, 1.82) is 0 Å². The molecule has 0 saturated carbocycles. The van der Waals surface area contributed by atoms with Crippen molar-refractivity contribution in [2.24, 2.45) is 0 Å². The first-order valence-corrected chi connectivity index (χ1v) is 11.8. The molecule has 1 unspecified atom stereocenters. The van der Waals surface area contributed by atoms with Gasteiger partial charge in [0.2, 0.25) is 10.0 Å². The summed E-state index contributed by atoms with van der Waals surface area (Å²) in [5.41, 5.74) is -0.990. The van der Waals surface area contributed by atoms with E-state index in [9.17, 15) is 13.5 Å². The highest BCUT2D eigenvalue weighted by atomic mass is 35.5. The van der Waals surface area contributed by atoms with Crippen LogP contribution in [-0.4, -0.2) is 56.5 Å². The standard InChI is InChI=1S/C16H22Cl2N4O3S2/c1-3-22(4-2)27(24,25)12-26-9-16(23,8-21-11-19-10-20-21)14-6-5-13(17)7-15(14)18/h5-7,10-11,23H,3-4,8-9,12H2,1-2H3. The third kappa shape index (κ3) is 5.82. The summed E-state index contributed by atoms with van der Waals surface area (Å²) in [6.07, 6.45) is 2.84. The molecule has 1 aromatic carbocycles. The number of aromatic nitrogens is 3. The van der Waals surface area contributed by atoms with Crippen LogP contribution in [-0.2, 0) is 22.2 Å². The smallest absolute Gasteiger partial charge is 0.223 e. The first kappa shape index (κ1) is 22.4. The summed E-state index contributed by atoms with van der Waals surface area (Å²) in [7, 11) is -3.41. The van der Waals surface area contributed by atoms with Crippen LogP contribution in [0, 0.1) is 0 Å². The van der Waals surface area contributed by atoms with Gasteiger partial charge in [-0.25, -0.2) is 22.4 Å². The topological polar surface area (TPSA) is 88.3 Å². The summed E-state index contributed by atoms with van der Waals surface area (Å²) in [4.78, 5) is 3.88. The van der Waals surface area contributed by atoms with E-state index in [0.29, 0.717) is 28.7 Å². The third-order valence-corrected chi connectivity index (χ3v) is 8.39. The highest BCUT2D eigenvalue weighted by Crippen LogP contribution is 2.34. The maximum atomic E-state index is 12.4. The predicted octanol–water partition coefficient (Wildman–Crippen LogP) is 2.84. The van der Waals surface area contributed by atoms with Crippen LogP contribution in [0.4, 0.5) is 0 Å². The number of halogens is 2. The zero-order chi connectivity index (χ0) is 20.1. The van der Waals surface area contributed by atoms with Crippen LogP contribution in [0.2, 0.25) is 10.0 Å². The molecule has 7 nitrogen and oxygen atoms in total. The van der Waals surface area contributed by atoms with E-state index in [1.165, 1.54) is 21.6 Å². The Kier molecular flexibility index (Phi) is 7.96. The van der Waals surface area contributed by atoms with E-state index in [-0.39, 0.29) is 17.4 Å². The Hall–Kier alpha value is -0.840. The SMILES string of the molecule is CCN(CC)S(=O)(=O)CSCC(O)(Cn1cncn1)c1ccc(Cl)cc1Cl. The number of benzene rings is 1. The van der Waals surface area contributed by atoms with E-state index in [2.05, 4.69) is 10.1 Å². The van der Waals surface area contributed by atoms with Gasteiger partial charge in [0, 0.05) is 34.5 Å². The fourth-order valence-electron chi connectivity index (χ4n) is 2.67. The van der Waals surface area contributed by atoms with Crippen LogP contribution < -0.4 is 0 Å². The van der Waals surface area contributed by atoms with Gasteiger partial charge in [-0.15, -0.1) is 11.8 Å². The summed E-state index contributed by atoms with van der Waals surface area (Å²) in [5.74, 6) is 0.106. The molecule has 1 heterocycles. The lowest BCUT2D eigenvalue weighted by Crippen LogP contribution is -2.36. The molecule has 1 atom stereocenters. The number of sulfonamides is 1. The molecule has 0 saturated heterocycles. The second kappa shape index (κ2) is 9.58. The molecule has 0 spiro atoms. The molecule has 11 heteroatoms. The summed E-state index contributed by atoms with van der Waals surface area (Å²) >= 11 is 13.4. The van der Waals surface area contributed by atoms with Gasteiger partial charge in [-0.1, -0.05) is 43.1 Å². The number of nitrogens with zero attached hydrogens (tertiary/aromatic N) is 4. The van der Waals surface area contributed by atoms with Crippen molar-refractivity contribution in [3.05, 3.63) is 46.5 Å². The van der Waals surface area contributed by atoms with E-state index in [1.807, 2.05) is 0 Å². The lowest BCUT2D eigenvalue weighted by molar-refractivity contribution is 0.0398. The molecule has 0 aliphatic rings. The van der Waals surface area contributed by atoms with E-state index in [4.69, 9.17) is 23.2 Å². The maximum absolute atomic E-state index is 12.4. The lowest BCUT2D eigenvalue weighted by Gasteiger charge is -2.29. The van der Waals surface area contributed by atoms with Crippen LogP contribution in [0.1, 0.15) is 19.4 Å². The highest BCUT2D eigenvalue weighted by molar-refractivity contribution is 8.11. The number of thioether (sulfide) groups is 1. The van der Waals surface area contributed by atoms with Gasteiger partial charge in [0.25, 0.3) is 0 Å². The summed E-state index contributed by atoms with van der Waals surface area (Å²) < 4.78 is 27.7. The van der Waals surface area contributed by atoms with Crippen molar-refractivity contribution in [2.45, 2.75) is 26.0 Å². The summed E-state index contributed by atoms with van der Waals surface area (Å²) in [6, 6.07) is 4.81. The average molecular weight is 453 g/mol. The Labute approximate surface area is 173 Å². The average Bonchev–Trinajstić information content (AvgIpc) is 3.07. The monoisotopic (exact) mass is 452 g/mol. The maximum Gasteiger partial charge on any atom is 0.223 e. The number of aliphatic hydroxyl groups is 1. The van der Waals surface area contributed by atoms with Gasteiger partial charge in [-0.2, -0.15) is 5.10 Å². The molecule has 2 aromatic rings. The normalized spacial score (nSPS) is 14.4. The van der Waals surface area contributed by atoms with Crippen LogP contribution in [0.5, 0.6) is 0 Å². The van der Waals surface area contributed by atoms with Gasteiger partial charge in [0.15, 0.2) is 0 Å². The van der Waals surface area contributed by atoms with Crippen LogP contribution in [0.3, 0.4) is 0 Å². The highest BCUT2D eigenvalue weighted by Gasteiger charge is 2.33. The molecule has 1 N–H and O–H groups in total. The second-order valence-electron chi connectivity index (χ2n) is 5.91. The first-order valence-electron chi connectivity index (χ1n) is 8.27. The van der Waals surface area contributed by atoms with Gasteiger partial charge in [0.1, 0.15) is 23.3 Å². The molecule has 27 heavy (non-hydrogen) atoms. The molecule has 150 valence electrons. The Balaban J connectivity index is 2.23. The first-order chi connectivity index (χ1) is 12.7. The summed E-state index contributed by atoms with van der Waals surface area (Å²) in [6.45, 7) is 4.48. The lowest BCUT2D eigenvalue weighted by atomic mass is 9.95. The van der Waals surface area contributed by atoms with Crippen molar-refractivity contribution in [2.75, 3.05) is 23.9 Å². The van der Waals surface area contributed by atoms with Crippen molar-refractivity contribution < 1.29 is 13.5 Å². The zero-order valence-electron chi connectivity index (χ0n) is 15.0. The predicted molar refractivity (Wildman–Crippen MR) is 110 cm³/mol. The van der Waals surface area contributed by atoms with Crippen LogP contribution >= 0.6 is 35.0 Å². The zero-order valence-corrected chi connectivity index (χ0v) is 18.2. The molecule has 0 bridgehead atoms. The molecule has 1 aromatic heterocycles. The van der Waals surface area contributed by atoms with Gasteiger partial charge in [0.05, 0.1) is 6.54 Å². The fourth-order valence-corrected chi connectivity index (χ4v) is 6.39. The van der Waals surface area contributed by atoms with E-state index >= 15 is 0 Å². The molecule has 0 fully saturated rings. The summed E-state index contributed by atoms with van der Waals surface area (Å²) in [5, 5.41) is 16.0. The Morgan fingerprint density at radius 1 is 1.30 bits per heavy atom. The van der Waals surface area contributed by atoms with Gasteiger partial charge >= 0.3 is 0 Å². The van der Waals surface area contributed by atoms with Crippen molar-refractivity contribution in [1.82, 2.24) is 19.1 Å². The van der Waals surface area contributed by atoms with E-state index < -0.39 is 15.6 Å². The molecule has 0 aliphatic heterocycles. The number of hydrogen-bond donors (Lipinski definition) is 1. The molecular weight excluding hydrogens is 431 g/mol. The molecule has 2 rings (SSSR count). The fraction of sp³-hybridized carbons (Fsp3) is 0.500. The van der Waals surface area contributed by atoms with Crippen molar-refractivity contribution >= 4 is 45.0 Å². The minimum Gasteiger partial charge on any atom is -0.382 e. The largest absolute Gasteiger partial charge is 0.382 e. The Morgan fingerprint density at radius 2 is 2.00 bits per heavy atom. The molecular formula is C16H22Cl2N4O3S2.